The van der Waals surface area contributed by atoms with E-state index in [-0.39, 0.29) is 23.5 Å². The number of amides is 2. The Balaban J connectivity index is 1.50. The molecule has 3 rings (SSSR count). The van der Waals surface area contributed by atoms with Crippen LogP contribution in [0.4, 0.5) is 17.3 Å². The monoisotopic (exact) mass is 374 g/mol. The molecule has 0 saturated heterocycles. The maximum absolute atomic E-state index is 12.0. The number of nitrogens with one attached hydrogen (secondary N) is 3. The van der Waals surface area contributed by atoms with E-state index in [1.807, 2.05) is 11.4 Å². The standard InChI is InChI=1S/C15H14N6O2S2/c16-14-19-15(21-20-14)25-8-12(22)17-9-3-5-10(6-4-9)18-13(23)11-2-1-7-24-11/h1-7H,8H2,(H,17,22)(H,18,23)(H3,16,19,20,21). The van der Waals surface area contributed by atoms with Crippen molar-refractivity contribution in [3.8, 4) is 0 Å². The highest BCUT2D eigenvalue weighted by atomic mass is 32.2. The molecule has 0 aliphatic rings. The molecule has 0 bridgehead atoms. The number of hydrogen-bond donors (Lipinski definition) is 4. The molecule has 3 aromatic rings. The third kappa shape index (κ3) is 4.81. The molecule has 0 aliphatic carbocycles. The van der Waals surface area contributed by atoms with Crippen LogP contribution >= 0.6 is 23.1 Å². The number of thiophene rings is 1. The third-order valence-electron chi connectivity index (χ3n) is 2.99. The van der Waals surface area contributed by atoms with Gasteiger partial charge in [-0.25, -0.2) is 5.10 Å². The van der Waals surface area contributed by atoms with Crippen LogP contribution in [0.5, 0.6) is 0 Å². The minimum absolute atomic E-state index is 0.158. The fourth-order valence-corrected chi connectivity index (χ4v) is 3.11. The summed E-state index contributed by atoms with van der Waals surface area (Å²) in [5.41, 5.74) is 6.70. The van der Waals surface area contributed by atoms with Crippen molar-refractivity contribution in [1.82, 2.24) is 15.2 Å². The van der Waals surface area contributed by atoms with Gasteiger partial charge in [-0.05, 0) is 35.7 Å². The van der Waals surface area contributed by atoms with Gasteiger partial charge in [0, 0.05) is 11.4 Å². The Labute approximate surface area is 151 Å². The number of carbonyl (C=O) groups excluding carboxylic acids is 2. The lowest BCUT2D eigenvalue weighted by Gasteiger charge is -2.07. The number of nitrogens with two attached hydrogens (primary N) is 1. The zero-order valence-corrected chi connectivity index (χ0v) is 14.5. The van der Waals surface area contributed by atoms with Crippen molar-refractivity contribution < 1.29 is 9.59 Å². The summed E-state index contributed by atoms with van der Waals surface area (Å²) >= 11 is 2.55. The lowest BCUT2D eigenvalue weighted by atomic mass is 10.2. The van der Waals surface area contributed by atoms with Crippen LogP contribution in [0.15, 0.2) is 46.9 Å². The Morgan fingerprint density at radius 1 is 1.16 bits per heavy atom. The highest BCUT2D eigenvalue weighted by molar-refractivity contribution is 7.99. The molecule has 2 aromatic heterocycles. The number of H-pyrrole nitrogens is 1. The van der Waals surface area contributed by atoms with E-state index in [4.69, 9.17) is 5.73 Å². The van der Waals surface area contributed by atoms with Crippen LogP contribution in [0.25, 0.3) is 0 Å². The van der Waals surface area contributed by atoms with Crippen LogP contribution in [-0.4, -0.2) is 32.7 Å². The number of nitrogen functional groups attached to an aromatic ring is 1. The summed E-state index contributed by atoms with van der Waals surface area (Å²) in [6.45, 7) is 0. The van der Waals surface area contributed by atoms with Crippen LogP contribution in [0.1, 0.15) is 9.67 Å². The first-order valence-corrected chi connectivity index (χ1v) is 9.02. The molecule has 2 amide bonds. The van der Waals surface area contributed by atoms with Crippen LogP contribution in [0.3, 0.4) is 0 Å². The second-order valence-electron chi connectivity index (χ2n) is 4.85. The smallest absolute Gasteiger partial charge is 0.265 e. The summed E-state index contributed by atoms with van der Waals surface area (Å²) in [4.78, 5) is 28.4. The summed E-state index contributed by atoms with van der Waals surface area (Å²) < 4.78 is 0. The minimum Gasteiger partial charge on any atom is -0.368 e. The van der Waals surface area contributed by atoms with Crippen LogP contribution in [0.2, 0.25) is 0 Å². The zero-order chi connectivity index (χ0) is 17.6. The third-order valence-corrected chi connectivity index (χ3v) is 4.70. The SMILES string of the molecule is Nc1nc(SCC(=O)Nc2ccc(NC(=O)c3cccs3)cc2)n[nH]1. The average molecular weight is 374 g/mol. The van der Waals surface area contributed by atoms with E-state index < -0.39 is 0 Å². The average Bonchev–Trinajstić information content (AvgIpc) is 3.26. The maximum atomic E-state index is 12.0. The lowest BCUT2D eigenvalue weighted by Crippen LogP contribution is -2.14. The largest absolute Gasteiger partial charge is 0.368 e. The molecule has 0 fully saturated rings. The summed E-state index contributed by atoms with van der Waals surface area (Å²) in [5.74, 6) is 0.0227. The molecule has 0 radical (unpaired) electrons. The number of benzene rings is 1. The molecule has 128 valence electrons. The van der Waals surface area contributed by atoms with Gasteiger partial charge in [-0.15, -0.1) is 16.4 Å². The Kier molecular flexibility index (Phi) is 5.31. The lowest BCUT2D eigenvalue weighted by molar-refractivity contribution is -0.113. The Hall–Kier alpha value is -2.85. The normalized spacial score (nSPS) is 10.4. The first kappa shape index (κ1) is 17.0. The Morgan fingerprint density at radius 3 is 2.48 bits per heavy atom. The number of hydrogen-bond acceptors (Lipinski definition) is 7. The van der Waals surface area contributed by atoms with E-state index in [1.165, 1.54) is 23.1 Å². The maximum Gasteiger partial charge on any atom is 0.265 e. The molecule has 8 nitrogen and oxygen atoms in total. The Morgan fingerprint density at radius 2 is 1.88 bits per heavy atom. The molecular weight excluding hydrogens is 360 g/mol. The van der Waals surface area contributed by atoms with Crippen molar-refractivity contribution in [3.05, 3.63) is 46.7 Å². The number of nitrogens with zero attached hydrogens (tertiary/aromatic N) is 2. The summed E-state index contributed by atoms with van der Waals surface area (Å²) in [7, 11) is 0. The van der Waals surface area contributed by atoms with Crippen LogP contribution in [0, 0.1) is 0 Å². The quantitative estimate of drug-likeness (QED) is 0.491. The van der Waals surface area contributed by atoms with E-state index in [1.54, 1.807) is 30.3 Å². The first-order chi connectivity index (χ1) is 12.1. The number of anilines is 3. The molecule has 0 saturated carbocycles. The molecular formula is C15H14N6O2S2. The number of thioether (sulfide) groups is 1. The van der Waals surface area contributed by atoms with Crippen molar-refractivity contribution in [2.45, 2.75) is 5.16 Å². The summed E-state index contributed by atoms with van der Waals surface area (Å²) in [5, 5.41) is 14.2. The molecule has 2 heterocycles. The zero-order valence-electron chi connectivity index (χ0n) is 12.9. The molecule has 0 unspecified atom stereocenters. The van der Waals surface area contributed by atoms with Gasteiger partial charge < -0.3 is 16.4 Å². The second-order valence-corrected chi connectivity index (χ2v) is 6.74. The van der Waals surface area contributed by atoms with Gasteiger partial charge in [0.25, 0.3) is 5.91 Å². The number of aromatic amines is 1. The van der Waals surface area contributed by atoms with Crippen molar-refractivity contribution in [3.63, 3.8) is 0 Å². The van der Waals surface area contributed by atoms with E-state index in [9.17, 15) is 9.59 Å². The summed E-state index contributed by atoms with van der Waals surface area (Å²) in [6, 6.07) is 10.5. The van der Waals surface area contributed by atoms with Gasteiger partial charge in [0.05, 0.1) is 10.6 Å². The first-order valence-electron chi connectivity index (χ1n) is 7.15. The van der Waals surface area contributed by atoms with Gasteiger partial charge in [0.1, 0.15) is 0 Å². The van der Waals surface area contributed by atoms with Crippen LogP contribution in [-0.2, 0) is 4.79 Å². The van der Waals surface area contributed by atoms with Gasteiger partial charge in [-0.3, -0.25) is 9.59 Å². The Bertz CT molecular complexity index is 861. The molecule has 1 aromatic carbocycles. The van der Waals surface area contributed by atoms with Gasteiger partial charge in [0.2, 0.25) is 17.0 Å². The van der Waals surface area contributed by atoms with Crippen LogP contribution < -0.4 is 16.4 Å². The van der Waals surface area contributed by atoms with E-state index in [0.29, 0.717) is 21.4 Å². The predicted molar refractivity (Wildman–Crippen MR) is 98.9 cm³/mol. The number of aromatic nitrogens is 3. The summed E-state index contributed by atoms with van der Waals surface area (Å²) in [6.07, 6.45) is 0. The van der Waals surface area contributed by atoms with Gasteiger partial charge in [-0.1, -0.05) is 17.8 Å². The van der Waals surface area contributed by atoms with Gasteiger partial charge in [0.15, 0.2) is 0 Å². The van der Waals surface area contributed by atoms with E-state index >= 15 is 0 Å². The molecule has 0 atom stereocenters. The topological polar surface area (TPSA) is 126 Å². The number of rotatable bonds is 6. The minimum atomic E-state index is -0.191. The van der Waals surface area contributed by atoms with Gasteiger partial charge >= 0.3 is 0 Å². The predicted octanol–water partition coefficient (Wildman–Crippen LogP) is 2.43. The van der Waals surface area contributed by atoms with Crippen molar-refractivity contribution in [2.75, 3.05) is 22.1 Å². The van der Waals surface area contributed by atoms with Crippen molar-refractivity contribution in [2.24, 2.45) is 0 Å². The second kappa shape index (κ2) is 7.81. The fourth-order valence-electron chi connectivity index (χ4n) is 1.89. The molecule has 10 heteroatoms. The molecule has 5 N–H and O–H groups in total. The molecule has 25 heavy (non-hydrogen) atoms. The van der Waals surface area contributed by atoms with E-state index in [2.05, 4.69) is 25.8 Å². The molecule has 0 aliphatic heterocycles. The van der Waals surface area contributed by atoms with E-state index in [0.717, 1.165) is 0 Å². The highest BCUT2D eigenvalue weighted by Crippen LogP contribution is 2.17. The highest BCUT2D eigenvalue weighted by Gasteiger charge is 2.09. The van der Waals surface area contributed by atoms with Gasteiger partial charge in [-0.2, -0.15) is 4.98 Å². The van der Waals surface area contributed by atoms with Crippen molar-refractivity contribution in [1.29, 1.82) is 0 Å². The fraction of sp³-hybridized carbons (Fsp3) is 0.0667. The number of carbonyl (C=O) groups is 2. The molecule has 0 spiro atoms. The van der Waals surface area contributed by atoms with Crippen molar-refractivity contribution >= 4 is 52.2 Å².